The highest BCUT2D eigenvalue weighted by atomic mass is 35.5. The maximum absolute atomic E-state index is 12.1. The van der Waals surface area contributed by atoms with E-state index in [4.69, 9.17) is 9.47 Å². The molecular formula is C19H28ClNO4. The van der Waals surface area contributed by atoms with Gasteiger partial charge in [0.2, 0.25) is 0 Å². The Morgan fingerprint density at radius 1 is 1.52 bits per heavy atom. The van der Waals surface area contributed by atoms with Crippen LogP contribution >= 0.6 is 12.4 Å². The first-order chi connectivity index (χ1) is 11.4. The monoisotopic (exact) mass is 369 g/mol. The number of morpholine rings is 1. The van der Waals surface area contributed by atoms with Gasteiger partial charge in [0.15, 0.2) is 17.3 Å². The van der Waals surface area contributed by atoms with Crippen molar-refractivity contribution >= 4 is 24.3 Å². The Bertz CT molecular complexity index is 605. The lowest BCUT2D eigenvalue weighted by Crippen LogP contribution is -2.51. The predicted molar refractivity (Wildman–Crippen MR) is 102 cm³/mol. The van der Waals surface area contributed by atoms with Gasteiger partial charge in [-0.2, -0.15) is 0 Å². The summed E-state index contributed by atoms with van der Waals surface area (Å²) in [5.41, 5.74) is 0.530. The molecule has 0 aromatic heterocycles. The number of aromatic hydroxyl groups is 1. The number of nitrogens with one attached hydrogen (secondary N) is 1. The fourth-order valence-corrected chi connectivity index (χ4v) is 2.82. The molecule has 6 heteroatoms. The van der Waals surface area contributed by atoms with Crippen LogP contribution in [0.15, 0.2) is 24.3 Å². The van der Waals surface area contributed by atoms with E-state index in [1.165, 1.54) is 0 Å². The number of hydrogen-bond donors (Lipinski definition) is 2. The lowest BCUT2D eigenvalue weighted by atomic mass is 9.96. The van der Waals surface area contributed by atoms with Crippen LogP contribution in [0.2, 0.25) is 0 Å². The van der Waals surface area contributed by atoms with Crippen LogP contribution in [0.3, 0.4) is 0 Å². The number of benzene rings is 1. The molecule has 0 radical (unpaired) electrons. The molecule has 0 aliphatic carbocycles. The molecule has 1 aromatic rings. The van der Waals surface area contributed by atoms with E-state index in [0.29, 0.717) is 25.2 Å². The van der Waals surface area contributed by atoms with E-state index < -0.39 is 0 Å². The predicted octanol–water partition coefficient (Wildman–Crippen LogP) is 3.34. The molecule has 2 atom stereocenters. The van der Waals surface area contributed by atoms with Crippen LogP contribution in [-0.4, -0.2) is 42.3 Å². The fraction of sp³-hybridized carbons (Fsp3) is 0.526. The Hall–Kier alpha value is -1.56. The average Bonchev–Trinajstić information content (AvgIpc) is 2.54. The van der Waals surface area contributed by atoms with Gasteiger partial charge >= 0.3 is 0 Å². The third-order valence-electron chi connectivity index (χ3n) is 4.06. The number of rotatable bonds is 7. The number of hydrogen-bond acceptors (Lipinski definition) is 5. The van der Waals surface area contributed by atoms with Crippen molar-refractivity contribution in [3.8, 4) is 11.5 Å². The van der Waals surface area contributed by atoms with Crippen LogP contribution in [0, 0.1) is 0 Å². The maximum atomic E-state index is 12.1. The molecule has 0 saturated carbocycles. The van der Waals surface area contributed by atoms with E-state index >= 15 is 0 Å². The normalized spacial score (nSPS) is 23.2. The fourth-order valence-electron chi connectivity index (χ4n) is 2.82. The highest BCUT2D eigenvalue weighted by Gasteiger charge is 2.31. The molecule has 140 valence electrons. The van der Waals surface area contributed by atoms with Crippen molar-refractivity contribution in [2.75, 3.05) is 19.7 Å². The summed E-state index contributed by atoms with van der Waals surface area (Å²) in [4.78, 5) is 12.1. The molecule has 0 amide bonds. The Morgan fingerprint density at radius 2 is 2.28 bits per heavy atom. The minimum absolute atomic E-state index is 0. The van der Waals surface area contributed by atoms with Crippen LogP contribution in [0.4, 0.5) is 0 Å². The Morgan fingerprint density at radius 3 is 2.96 bits per heavy atom. The lowest BCUT2D eigenvalue weighted by molar-refractivity contribution is -0.121. The minimum atomic E-state index is -0.290. The van der Waals surface area contributed by atoms with Crippen molar-refractivity contribution in [1.82, 2.24) is 5.32 Å². The molecule has 2 unspecified atom stereocenters. The number of carbonyl (C=O) groups is 1. The van der Waals surface area contributed by atoms with E-state index in [2.05, 4.69) is 5.32 Å². The smallest absolute Gasteiger partial charge is 0.161 e. The van der Waals surface area contributed by atoms with Crippen molar-refractivity contribution < 1.29 is 19.4 Å². The number of carbonyl (C=O) groups excluding carboxylic acids is 1. The van der Waals surface area contributed by atoms with Gasteiger partial charge in [-0.25, -0.2) is 0 Å². The van der Waals surface area contributed by atoms with Gasteiger partial charge in [-0.3, -0.25) is 4.79 Å². The third kappa shape index (κ3) is 6.69. The number of halogens is 1. The van der Waals surface area contributed by atoms with Crippen LogP contribution in [0.25, 0.3) is 6.08 Å². The van der Waals surface area contributed by atoms with Crippen molar-refractivity contribution in [2.45, 2.75) is 45.3 Å². The van der Waals surface area contributed by atoms with Gasteiger partial charge in [0.05, 0.1) is 18.3 Å². The minimum Gasteiger partial charge on any atom is -0.504 e. The van der Waals surface area contributed by atoms with E-state index in [0.717, 1.165) is 18.7 Å². The zero-order valence-electron chi connectivity index (χ0n) is 15.1. The molecule has 1 saturated heterocycles. The number of phenolic OH excluding ortho intramolecular Hbond substituents is 1. The topological polar surface area (TPSA) is 67.8 Å². The third-order valence-corrected chi connectivity index (χ3v) is 4.06. The van der Waals surface area contributed by atoms with E-state index in [9.17, 15) is 9.90 Å². The summed E-state index contributed by atoms with van der Waals surface area (Å²) in [5, 5.41) is 13.0. The summed E-state index contributed by atoms with van der Waals surface area (Å²) in [5.74, 6) is 0.587. The molecule has 0 spiro atoms. The first kappa shape index (κ1) is 21.5. The molecule has 1 fully saturated rings. The summed E-state index contributed by atoms with van der Waals surface area (Å²) in [7, 11) is 0. The molecule has 5 nitrogen and oxygen atoms in total. The van der Waals surface area contributed by atoms with Gasteiger partial charge in [0.25, 0.3) is 0 Å². The van der Waals surface area contributed by atoms with E-state index in [1.54, 1.807) is 30.4 Å². The van der Waals surface area contributed by atoms with Crippen LogP contribution in [0.1, 0.15) is 39.2 Å². The molecule has 0 bridgehead atoms. The summed E-state index contributed by atoms with van der Waals surface area (Å²) in [6, 6.07) is 5.04. The molecule has 1 aromatic carbocycles. The van der Waals surface area contributed by atoms with E-state index in [1.807, 2.05) is 20.8 Å². The standard InChI is InChI=1S/C19H27NO4.ClH/c1-4-23-18-11-15(6-8-17(18)22)5-7-16(21)9-10-19(3)13-20-12-14(2)24-19;/h5-8,11,14,20,22H,4,9-10,12-13H2,1-3H3;1H/b7-5+;. The Balaban J connectivity index is 0.00000312. The van der Waals surface area contributed by atoms with Gasteiger partial charge in [0.1, 0.15) is 0 Å². The van der Waals surface area contributed by atoms with Gasteiger partial charge in [-0.1, -0.05) is 12.1 Å². The highest BCUT2D eigenvalue weighted by molar-refractivity contribution is 5.93. The second kappa shape index (κ2) is 9.80. The van der Waals surface area contributed by atoms with Crippen molar-refractivity contribution in [3.63, 3.8) is 0 Å². The number of phenols is 1. The largest absolute Gasteiger partial charge is 0.504 e. The molecule has 1 aliphatic heterocycles. The van der Waals surface area contributed by atoms with Crippen molar-refractivity contribution in [2.24, 2.45) is 0 Å². The molecule has 2 rings (SSSR count). The van der Waals surface area contributed by atoms with Crippen molar-refractivity contribution in [1.29, 1.82) is 0 Å². The number of ketones is 1. The SMILES string of the molecule is CCOc1cc(/C=C/C(=O)CCC2(C)CNCC(C)O2)ccc1O.Cl. The van der Waals surface area contributed by atoms with E-state index in [-0.39, 0.29) is 35.6 Å². The zero-order chi connectivity index (χ0) is 17.6. The molecular weight excluding hydrogens is 342 g/mol. The van der Waals surface area contributed by atoms with Crippen LogP contribution in [0.5, 0.6) is 11.5 Å². The Labute approximate surface area is 155 Å². The molecule has 25 heavy (non-hydrogen) atoms. The second-order valence-corrected chi connectivity index (χ2v) is 6.47. The second-order valence-electron chi connectivity index (χ2n) is 6.47. The van der Waals surface area contributed by atoms with Crippen molar-refractivity contribution in [3.05, 3.63) is 29.8 Å². The first-order valence-corrected chi connectivity index (χ1v) is 8.47. The highest BCUT2D eigenvalue weighted by Crippen LogP contribution is 2.27. The van der Waals surface area contributed by atoms with Crippen LogP contribution < -0.4 is 10.1 Å². The molecule has 2 N–H and O–H groups in total. The summed E-state index contributed by atoms with van der Waals surface area (Å²) < 4.78 is 11.3. The maximum Gasteiger partial charge on any atom is 0.161 e. The molecule has 1 aliphatic rings. The van der Waals surface area contributed by atoms with Gasteiger partial charge in [-0.05, 0) is 51.0 Å². The summed E-state index contributed by atoms with van der Waals surface area (Å²) in [6.07, 6.45) is 4.62. The quantitative estimate of drug-likeness (QED) is 0.721. The summed E-state index contributed by atoms with van der Waals surface area (Å²) in [6.45, 7) is 8.03. The van der Waals surface area contributed by atoms with Crippen LogP contribution in [-0.2, 0) is 9.53 Å². The van der Waals surface area contributed by atoms with Gasteiger partial charge in [-0.15, -0.1) is 12.4 Å². The first-order valence-electron chi connectivity index (χ1n) is 8.47. The lowest BCUT2D eigenvalue weighted by Gasteiger charge is -2.38. The van der Waals surface area contributed by atoms with Gasteiger partial charge < -0.3 is 19.9 Å². The number of allylic oxidation sites excluding steroid dienone is 1. The summed E-state index contributed by atoms with van der Waals surface area (Å²) >= 11 is 0. The average molecular weight is 370 g/mol. The zero-order valence-corrected chi connectivity index (χ0v) is 15.9. The number of ether oxygens (including phenoxy) is 2. The Kier molecular flexibility index (Phi) is 8.42. The molecule has 1 heterocycles. The van der Waals surface area contributed by atoms with Gasteiger partial charge in [0, 0.05) is 19.5 Å².